The third-order valence-electron chi connectivity index (χ3n) is 13.8. The number of allylic oxidation sites excluding steroid dienone is 4. The number of hydrogen-bond acceptors (Lipinski definition) is 8. The minimum Gasteiger partial charge on any atom is -0.479 e. The zero-order chi connectivity index (χ0) is 59.0. The van der Waals surface area contributed by atoms with Gasteiger partial charge in [-0.2, -0.15) is 0 Å². The van der Waals surface area contributed by atoms with E-state index in [2.05, 4.69) is 41.2 Å². The number of benzene rings is 6. The van der Waals surface area contributed by atoms with Crippen molar-refractivity contribution >= 4 is 116 Å². The third-order valence-corrected chi connectivity index (χ3v) is 14.7. The van der Waals surface area contributed by atoms with Gasteiger partial charge in [0, 0.05) is 54.0 Å². The Bertz CT molecular complexity index is 3300. The van der Waals surface area contributed by atoms with Gasteiger partial charge in [-0.15, -0.1) is 0 Å². The number of carboxylic acid groups (broad SMARTS) is 2. The second-order valence-electron chi connectivity index (χ2n) is 19.9. The summed E-state index contributed by atoms with van der Waals surface area (Å²) in [6.45, 7) is 3.97. The number of halogens is 4. The molecule has 8 rings (SSSR count). The van der Waals surface area contributed by atoms with Gasteiger partial charge in [-0.25, -0.2) is 19.2 Å². The highest BCUT2D eigenvalue weighted by Gasteiger charge is 2.23. The smallest absolute Gasteiger partial charge is 0.334 e. The Hall–Kier alpha value is -7.70. The van der Waals surface area contributed by atoms with Gasteiger partial charge in [-0.3, -0.25) is 19.4 Å². The highest BCUT2D eigenvalue weighted by molar-refractivity contribution is 6.35. The number of aliphatic carboxylic acids is 2. The monoisotopic (exact) mass is 1190 g/mol. The zero-order valence-electron chi connectivity index (χ0n) is 44.9. The van der Waals surface area contributed by atoms with Crippen molar-refractivity contribution in [1.29, 1.82) is 0 Å². The number of amides is 6. The van der Waals surface area contributed by atoms with Crippen molar-refractivity contribution in [3.63, 3.8) is 0 Å². The predicted molar refractivity (Wildman–Crippen MR) is 323 cm³/mol. The standard InChI is InChI=1S/2C31H31Cl2N3O5/c2*1-19-4-2-3-5-27(19)21-10-12-26(13-11-21)36(31(41)35-25-15-23(32)14-24(33)16-25)18-20-6-8-22(9-7-20)29(38)34-17-28(37)30(39)40/h6-16,28,37H,2-5,17-18H2,1H3,(H,34,38)(H,35,41)(H,39,40);5-16,19,28,37H,2-4,17-18H2,1H3,(H,34,38)(H,35,41)(H,39,40)/t28-;19?,28-/m11/s1. The summed E-state index contributed by atoms with van der Waals surface area (Å²) in [6, 6.07) is 37.7. The van der Waals surface area contributed by atoms with Gasteiger partial charge in [-0.05, 0) is 176 Å². The molecule has 16 nitrogen and oxygen atoms in total. The first-order valence-electron chi connectivity index (χ1n) is 26.5. The van der Waals surface area contributed by atoms with Crippen LogP contribution in [0.25, 0.3) is 11.1 Å². The lowest BCUT2D eigenvalue weighted by Crippen LogP contribution is -2.36. The molecule has 2 aliphatic carbocycles. The van der Waals surface area contributed by atoms with Crippen molar-refractivity contribution < 1.29 is 49.2 Å². The number of rotatable bonds is 18. The van der Waals surface area contributed by atoms with Crippen LogP contribution in [0, 0.1) is 5.92 Å². The molecule has 6 amide bonds. The van der Waals surface area contributed by atoms with E-state index in [1.165, 1.54) is 36.0 Å². The fourth-order valence-electron chi connectivity index (χ4n) is 9.40. The quantitative estimate of drug-likeness (QED) is 0.0405. The average Bonchev–Trinajstić information content (AvgIpc) is 3.61. The molecule has 6 aromatic carbocycles. The van der Waals surface area contributed by atoms with Crippen LogP contribution in [0.5, 0.6) is 0 Å². The molecule has 82 heavy (non-hydrogen) atoms. The Labute approximate surface area is 495 Å². The van der Waals surface area contributed by atoms with Crippen LogP contribution >= 0.6 is 46.4 Å². The van der Waals surface area contributed by atoms with Gasteiger partial charge in [-0.1, -0.05) is 114 Å². The molecule has 6 aromatic rings. The minimum absolute atomic E-state index is 0.193. The SMILES string of the molecule is CC1=C(c2ccc(N(Cc3ccc(C(=O)NC[C@@H](O)C(=O)O)cc3)C(=O)Nc3cc(Cl)cc(Cl)c3)cc2)CCCC1.CC1CCCC=C1c1ccc(N(Cc2ccc(C(=O)NC[C@@H](O)C(=O)O)cc2)C(=O)Nc2cc(Cl)cc(Cl)c2)cc1. The third kappa shape index (κ3) is 17.7. The second-order valence-corrected chi connectivity index (χ2v) is 21.7. The topological polar surface area (TPSA) is 238 Å². The number of aliphatic hydroxyl groups is 2. The van der Waals surface area contributed by atoms with E-state index in [4.69, 9.17) is 56.6 Å². The van der Waals surface area contributed by atoms with Crippen molar-refractivity contribution in [1.82, 2.24) is 10.6 Å². The maximum absolute atomic E-state index is 13.5. The molecule has 0 saturated carbocycles. The second kappa shape index (κ2) is 29.3. The summed E-state index contributed by atoms with van der Waals surface area (Å²) in [6.07, 6.45) is 6.82. The van der Waals surface area contributed by atoms with Crippen LogP contribution in [-0.4, -0.2) is 81.5 Å². The molecule has 0 aliphatic heterocycles. The molecule has 0 aromatic heterocycles. The van der Waals surface area contributed by atoms with Crippen LogP contribution in [0.15, 0.2) is 145 Å². The molecule has 0 radical (unpaired) electrons. The summed E-state index contributed by atoms with van der Waals surface area (Å²) in [5.74, 6) is -3.40. The molecule has 2 aliphatic rings. The van der Waals surface area contributed by atoms with Crippen molar-refractivity contribution in [2.75, 3.05) is 33.5 Å². The Kier molecular flexibility index (Phi) is 22.1. The lowest BCUT2D eigenvalue weighted by Gasteiger charge is -2.25. The number of nitrogens with zero attached hydrogens (tertiary/aromatic N) is 2. The summed E-state index contributed by atoms with van der Waals surface area (Å²) in [7, 11) is 0. The van der Waals surface area contributed by atoms with Gasteiger partial charge in [0.05, 0.1) is 26.2 Å². The van der Waals surface area contributed by atoms with Crippen LogP contribution in [0.2, 0.25) is 20.1 Å². The molecular formula is C62H62Cl4N6O10. The van der Waals surface area contributed by atoms with Crippen LogP contribution in [0.4, 0.5) is 32.3 Å². The van der Waals surface area contributed by atoms with E-state index in [1.54, 1.807) is 94.7 Å². The fraction of sp³-hybridized carbons (Fsp3) is 0.258. The summed E-state index contributed by atoms with van der Waals surface area (Å²) >= 11 is 24.5. The summed E-state index contributed by atoms with van der Waals surface area (Å²) < 4.78 is 0. The number of anilines is 4. The average molecular weight is 1190 g/mol. The maximum Gasteiger partial charge on any atom is 0.334 e. The number of urea groups is 2. The van der Waals surface area contributed by atoms with Crippen molar-refractivity contribution in [3.8, 4) is 0 Å². The largest absolute Gasteiger partial charge is 0.479 e. The van der Waals surface area contributed by atoms with E-state index in [9.17, 15) is 39.0 Å². The minimum atomic E-state index is -1.69. The first-order valence-corrected chi connectivity index (χ1v) is 28.0. The summed E-state index contributed by atoms with van der Waals surface area (Å²) in [4.78, 5) is 76.5. The molecule has 1 unspecified atom stereocenters. The first kappa shape index (κ1) is 61.9. The zero-order valence-corrected chi connectivity index (χ0v) is 48.0. The summed E-state index contributed by atoms with van der Waals surface area (Å²) in [5, 5.41) is 48.4. The van der Waals surface area contributed by atoms with Gasteiger partial charge < -0.3 is 41.7 Å². The number of nitrogens with one attached hydrogen (secondary N) is 4. The van der Waals surface area contributed by atoms with Crippen LogP contribution < -0.4 is 31.1 Å². The van der Waals surface area contributed by atoms with Gasteiger partial charge in [0.1, 0.15) is 0 Å². The molecule has 20 heteroatoms. The molecule has 0 bridgehead atoms. The van der Waals surface area contributed by atoms with Gasteiger partial charge in [0.25, 0.3) is 11.8 Å². The Morgan fingerprint density at radius 3 is 1.34 bits per heavy atom. The number of hydrogen-bond donors (Lipinski definition) is 8. The van der Waals surface area contributed by atoms with Crippen molar-refractivity contribution in [2.24, 2.45) is 5.92 Å². The molecule has 3 atom stereocenters. The lowest BCUT2D eigenvalue weighted by molar-refractivity contribution is -0.147. The van der Waals surface area contributed by atoms with E-state index >= 15 is 0 Å². The van der Waals surface area contributed by atoms with Crippen molar-refractivity contribution in [2.45, 2.75) is 84.1 Å². The molecule has 0 saturated heterocycles. The maximum atomic E-state index is 13.5. The molecular weight excluding hydrogens is 1130 g/mol. The molecule has 8 N–H and O–H groups in total. The number of carbonyl (C=O) groups excluding carboxylic acids is 4. The normalized spacial score (nSPS) is 14.6. The highest BCUT2D eigenvalue weighted by atomic mass is 35.5. The molecule has 0 spiro atoms. The van der Waals surface area contributed by atoms with E-state index in [-0.39, 0.29) is 24.2 Å². The van der Waals surface area contributed by atoms with Crippen molar-refractivity contribution in [3.05, 3.63) is 199 Å². The van der Waals surface area contributed by atoms with E-state index < -0.39 is 61.1 Å². The van der Waals surface area contributed by atoms with Crippen LogP contribution in [0.1, 0.15) is 102 Å². The first-order chi connectivity index (χ1) is 39.2. The Morgan fingerprint density at radius 2 is 0.951 bits per heavy atom. The van der Waals surface area contributed by atoms with E-state index in [0.29, 0.717) is 48.8 Å². The van der Waals surface area contributed by atoms with Crippen LogP contribution in [0.3, 0.4) is 0 Å². The van der Waals surface area contributed by atoms with Crippen LogP contribution in [-0.2, 0) is 22.7 Å². The number of aliphatic hydroxyl groups excluding tert-OH is 2. The van der Waals surface area contributed by atoms with Gasteiger partial charge in [0.15, 0.2) is 12.2 Å². The van der Waals surface area contributed by atoms with Gasteiger partial charge in [0.2, 0.25) is 0 Å². The number of carbonyl (C=O) groups is 6. The van der Waals surface area contributed by atoms with E-state index in [1.807, 2.05) is 48.5 Å². The highest BCUT2D eigenvalue weighted by Crippen LogP contribution is 2.35. The molecule has 428 valence electrons. The summed E-state index contributed by atoms with van der Waals surface area (Å²) in [5.41, 5.74) is 10.7. The fourth-order valence-corrected chi connectivity index (χ4v) is 10.5. The predicted octanol–water partition coefficient (Wildman–Crippen LogP) is 13.4. The van der Waals surface area contributed by atoms with E-state index in [0.717, 1.165) is 47.9 Å². The molecule has 0 heterocycles. The lowest BCUT2D eigenvalue weighted by atomic mass is 9.85. The van der Waals surface area contributed by atoms with Gasteiger partial charge >= 0.3 is 24.0 Å². The Balaban J connectivity index is 0.000000236. The number of carboxylic acids is 2. The molecule has 0 fully saturated rings. The Morgan fingerprint density at radius 1 is 0.549 bits per heavy atom.